The van der Waals surface area contributed by atoms with Gasteiger partial charge in [0.15, 0.2) is 18.1 Å². The van der Waals surface area contributed by atoms with E-state index in [0.29, 0.717) is 41.7 Å². The summed E-state index contributed by atoms with van der Waals surface area (Å²) in [5.41, 5.74) is -0.465. The lowest BCUT2D eigenvalue weighted by Crippen LogP contribution is -3.15. The van der Waals surface area contributed by atoms with Crippen LogP contribution in [0.3, 0.4) is 0 Å². The van der Waals surface area contributed by atoms with Crippen LogP contribution in [0.1, 0.15) is 22.3 Å². The molecule has 2 N–H and O–H groups in total. The SMILES string of the molecule is O=C(C[C@@]1(O)C(=O)N(C[NH+]2CCOCC2)c2ccccc21)c1ccccc1Cl. The molecule has 7 heteroatoms. The quantitative estimate of drug-likeness (QED) is 0.734. The number of amides is 1. The standard InChI is InChI=1S/C21H21ClN2O4/c22-17-7-3-1-5-15(17)19(25)13-21(27)16-6-2-4-8-18(16)24(20(21)26)14-23-9-11-28-12-10-23/h1-8,27H,9-14H2/p+1/t21-/m0/s1. The van der Waals surface area contributed by atoms with Gasteiger partial charge in [-0.25, -0.2) is 0 Å². The zero-order chi connectivity index (χ0) is 19.7. The third-order valence-corrected chi connectivity index (χ3v) is 5.74. The number of benzene rings is 2. The summed E-state index contributed by atoms with van der Waals surface area (Å²) in [6, 6.07) is 13.8. The number of halogens is 1. The molecule has 4 rings (SSSR count). The number of carbonyl (C=O) groups excluding carboxylic acids is 2. The van der Waals surface area contributed by atoms with E-state index in [2.05, 4.69) is 0 Å². The summed E-state index contributed by atoms with van der Waals surface area (Å²) in [5.74, 6) is -0.829. The van der Waals surface area contributed by atoms with Crippen molar-refractivity contribution in [1.82, 2.24) is 0 Å². The first kappa shape index (κ1) is 19.1. The Balaban J connectivity index is 1.64. The highest BCUT2D eigenvalue weighted by Gasteiger charge is 2.51. The minimum Gasteiger partial charge on any atom is -0.375 e. The fourth-order valence-corrected chi connectivity index (χ4v) is 4.13. The predicted molar refractivity (Wildman–Crippen MR) is 105 cm³/mol. The maximum Gasteiger partial charge on any atom is 0.268 e. The van der Waals surface area contributed by atoms with Crippen LogP contribution in [0.25, 0.3) is 0 Å². The Bertz CT molecular complexity index is 913. The van der Waals surface area contributed by atoms with Crippen LogP contribution in [0.2, 0.25) is 5.02 Å². The molecule has 0 aliphatic carbocycles. The number of hydrogen-bond donors (Lipinski definition) is 2. The monoisotopic (exact) mass is 401 g/mol. The topological polar surface area (TPSA) is 71.3 Å². The van der Waals surface area contributed by atoms with Gasteiger partial charge >= 0.3 is 0 Å². The second-order valence-electron chi connectivity index (χ2n) is 7.21. The number of fused-ring (bicyclic) bond motifs is 1. The third-order valence-electron chi connectivity index (χ3n) is 5.41. The number of carbonyl (C=O) groups is 2. The van der Waals surface area contributed by atoms with E-state index in [9.17, 15) is 14.7 Å². The molecule has 0 unspecified atom stereocenters. The molecule has 6 nitrogen and oxygen atoms in total. The minimum atomic E-state index is -1.89. The lowest BCUT2D eigenvalue weighted by molar-refractivity contribution is -0.906. The van der Waals surface area contributed by atoms with E-state index in [4.69, 9.17) is 16.3 Å². The van der Waals surface area contributed by atoms with Crippen LogP contribution in [0.5, 0.6) is 0 Å². The normalized spacial score (nSPS) is 22.4. The molecule has 0 bridgehead atoms. The fraction of sp³-hybridized carbons (Fsp3) is 0.333. The van der Waals surface area contributed by atoms with Gasteiger partial charge in [-0.15, -0.1) is 0 Å². The summed E-state index contributed by atoms with van der Waals surface area (Å²) in [7, 11) is 0. The first-order chi connectivity index (χ1) is 13.5. The van der Waals surface area contributed by atoms with E-state index in [1.165, 1.54) is 4.90 Å². The average molecular weight is 402 g/mol. The number of quaternary nitrogens is 1. The molecule has 146 valence electrons. The number of nitrogens with one attached hydrogen (secondary N) is 1. The number of morpholine rings is 1. The number of ether oxygens (including phenoxy) is 1. The van der Waals surface area contributed by atoms with Crippen molar-refractivity contribution in [1.29, 1.82) is 0 Å². The number of para-hydroxylation sites is 1. The predicted octanol–water partition coefficient (Wildman–Crippen LogP) is 1.02. The minimum absolute atomic E-state index is 0.306. The first-order valence-electron chi connectivity index (χ1n) is 9.33. The number of anilines is 1. The maximum atomic E-state index is 13.3. The van der Waals surface area contributed by atoms with Crippen molar-refractivity contribution >= 4 is 29.0 Å². The highest BCUT2D eigenvalue weighted by atomic mass is 35.5. The zero-order valence-electron chi connectivity index (χ0n) is 15.4. The van der Waals surface area contributed by atoms with Crippen LogP contribution >= 0.6 is 11.6 Å². The Morgan fingerprint density at radius 1 is 1.14 bits per heavy atom. The lowest BCUT2D eigenvalue weighted by atomic mass is 9.88. The molecule has 2 aliphatic rings. The van der Waals surface area contributed by atoms with Crippen LogP contribution in [0, 0.1) is 0 Å². The molecule has 2 aliphatic heterocycles. The van der Waals surface area contributed by atoms with Gasteiger partial charge in [0, 0.05) is 11.1 Å². The average Bonchev–Trinajstić information content (AvgIpc) is 2.91. The van der Waals surface area contributed by atoms with Gasteiger partial charge in [0.1, 0.15) is 13.1 Å². The largest absolute Gasteiger partial charge is 0.375 e. The second kappa shape index (κ2) is 7.64. The zero-order valence-corrected chi connectivity index (χ0v) is 16.1. The van der Waals surface area contributed by atoms with Crippen LogP contribution < -0.4 is 9.80 Å². The molecule has 0 spiro atoms. The van der Waals surface area contributed by atoms with Crippen molar-refractivity contribution in [2.24, 2.45) is 0 Å². The molecular formula is C21H22ClN2O4+. The number of hydrogen-bond acceptors (Lipinski definition) is 4. The van der Waals surface area contributed by atoms with E-state index in [-0.39, 0.29) is 12.2 Å². The Kier molecular flexibility index (Phi) is 5.21. The smallest absolute Gasteiger partial charge is 0.268 e. The lowest BCUT2D eigenvalue weighted by Gasteiger charge is -2.29. The van der Waals surface area contributed by atoms with E-state index in [0.717, 1.165) is 13.1 Å². The van der Waals surface area contributed by atoms with E-state index >= 15 is 0 Å². The molecule has 1 amide bonds. The highest BCUT2D eigenvalue weighted by Crippen LogP contribution is 2.42. The number of rotatable bonds is 5. The Morgan fingerprint density at radius 3 is 2.57 bits per heavy atom. The van der Waals surface area contributed by atoms with Crippen molar-refractivity contribution in [3.05, 3.63) is 64.7 Å². The summed E-state index contributed by atoms with van der Waals surface area (Å²) in [5, 5.41) is 11.7. The van der Waals surface area contributed by atoms with Crippen molar-refractivity contribution < 1.29 is 24.3 Å². The number of ketones is 1. The summed E-state index contributed by atoms with van der Waals surface area (Å²) in [6.45, 7) is 3.32. The molecule has 1 atom stereocenters. The second-order valence-corrected chi connectivity index (χ2v) is 7.62. The van der Waals surface area contributed by atoms with Crippen LogP contribution in [0.15, 0.2) is 48.5 Å². The molecule has 28 heavy (non-hydrogen) atoms. The molecule has 0 aromatic heterocycles. The number of Topliss-reactive ketones (excluding diaryl/α,β-unsaturated/α-hetero) is 1. The van der Waals surface area contributed by atoms with Gasteiger partial charge in [0.25, 0.3) is 5.91 Å². The van der Waals surface area contributed by atoms with Gasteiger partial charge in [0.2, 0.25) is 0 Å². The highest BCUT2D eigenvalue weighted by molar-refractivity contribution is 6.34. The van der Waals surface area contributed by atoms with Gasteiger partial charge in [0.05, 0.1) is 30.3 Å². The van der Waals surface area contributed by atoms with Gasteiger partial charge in [-0.05, 0) is 18.2 Å². The van der Waals surface area contributed by atoms with E-state index in [1.54, 1.807) is 41.3 Å². The van der Waals surface area contributed by atoms with Gasteiger partial charge in [-0.3, -0.25) is 14.5 Å². The van der Waals surface area contributed by atoms with E-state index < -0.39 is 11.5 Å². The van der Waals surface area contributed by atoms with Crippen molar-refractivity contribution in [3.8, 4) is 0 Å². The Labute approximate surface area is 168 Å². The molecule has 2 aromatic rings. The molecule has 2 heterocycles. The Morgan fingerprint density at radius 2 is 1.82 bits per heavy atom. The van der Waals surface area contributed by atoms with Crippen molar-refractivity contribution in [2.75, 3.05) is 37.9 Å². The van der Waals surface area contributed by atoms with Crippen molar-refractivity contribution in [2.45, 2.75) is 12.0 Å². The van der Waals surface area contributed by atoms with Crippen LogP contribution in [-0.4, -0.2) is 49.8 Å². The maximum absolute atomic E-state index is 13.3. The molecule has 0 saturated carbocycles. The summed E-state index contributed by atoms with van der Waals surface area (Å²) >= 11 is 6.13. The molecule has 0 radical (unpaired) electrons. The van der Waals surface area contributed by atoms with Gasteiger partial charge < -0.3 is 14.7 Å². The molecule has 1 saturated heterocycles. The van der Waals surface area contributed by atoms with Gasteiger partial charge in [-0.2, -0.15) is 0 Å². The first-order valence-corrected chi connectivity index (χ1v) is 9.71. The third kappa shape index (κ3) is 3.33. The van der Waals surface area contributed by atoms with Gasteiger partial charge in [-0.1, -0.05) is 41.9 Å². The summed E-state index contributed by atoms with van der Waals surface area (Å²) < 4.78 is 5.38. The summed E-state index contributed by atoms with van der Waals surface area (Å²) in [4.78, 5) is 28.9. The van der Waals surface area contributed by atoms with E-state index in [1.807, 2.05) is 12.1 Å². The Hall–Kier alpha value is -2.25. The number of nitrogens with zero attached hydrogens (tertiary/aromatic N) is 1. The summed E-state index contributed by atoms with van der Waals surface area (Å²) in [6.07, 6.45) is -0.346. The molecule has 1 fully saturated rings. The van der Waals surface area contributed by atoms with Crippen molar-refractivity contribution in [3.63, 3.8) is 0 Å². The fourth-order valence-electron chi connectivity index (χ4n) is 3.89. The molecular weight excluding hydrogens is 380 g/mol. The van der Waals surface area contributed by atoms with Crippen LogP contribution in [-0.2, 0) is 15.1 Å². The molecule has 2 aromatic carbocycles. The number of aliphatic hydroxyl groups is 1. The van der Waals surface area contributed by atoms with Crippen LogP contribution in [0.4, 0.5) is 5.69 Å².